The molecule has 2 rings (SSSR count). The molecule has 0 spiro atoms. The number of nitrogens with one attached hydrogen (secondary N) is 2. The summed E-state index contributed by atoms with van der Waals surface area (Å²) in [6.45, 7) is 0.851. The Kier molecular flexibility index (Phi) is 4.03. The van der Waals surface area contributed by atoms with Crippen LogP contribution in [0.4, 0.5) is 18.0 Å². The lowest BCUT2D eigenvalue weighted by molar-refractivity contribution is -0.274. The topological polar surface area (TPSA) is 73.4 Å². The minimum Gasteiger partial charge on any atom is -0.530 e. The molecule has 5 nitrogen and oxygen atoms in total. The molecular weight excluding hydrogens is 277 g/mol. The molecule has 2 N–H and O–H groups in total. The first-order chi connectivity index (χ1) is 9.35. The van der Waals surface area contributed by atoms with E-state index in [0.29, 0.717) is 18.7 Å². The standard InChI is InChI=1S/C12H13F3N2O3/c13-12(14,15)20-8-3-1-2-7(4-8)9-5-16-6-10(9)17-11(18)19/h1-4,9-10,16-17H,5-6H2,(H,18,19)/p-1/t9-,10+/m0/s1. The third kappa shape index (κ3) is 3.77. The molecule has 1 aromatic rings. The van der Waals surface area contributed by atoms with Gasteiger partial charge in [-0.3, -0.25) is 0 Å². The molecule has 0 saturated carbocycles. The third-order valence-electron chi connectivity index (χ3n) is 3.04. The number of carbonyl (C=O) groups excluding carboxylic acids is 1. The maximum Gasteiger partial charge on any atom is 0.573 e. The molecule has 1 saturated heterocycles. The van der Waals surface area contributed by atoms with Crippen molar-refractivity contribution in [3.05, 3.63) is 29.8 Å². The molecule has 0 aliphatic carbocycles. The fraction of sp³-hybridized carbons (Fsp3) is 0.417. The maximum atomic E-state index is 12.2. The van der Waals surface area contributed by atoms with Crippen molar-refractivity contribution < 1.29 is 27.8 Å². The monoisotopic (exact) mass is 289 g/mol. The van der Waals surface area contributed by atoms with Gasteiger partial charge in [0.2, 0.25) is 0 Å². The number of carbonyl (C=O) groups is 1. The Labute approximate surface area is 112 Å². The minimum absolute atomic E-state index is 0.273. The fourth-order valence-electron chi connectivity index (χ4n) is 2.27. The number of halogens is 3. The Morgan fingerprint density at radius 1 is 1.40 bits per heavy atom. The predicted octanol–water partition coefficient (Wildman–Crippen LogP) is 0.573. The molecule has 1 fully saturated rings. The Hall–Kier alpha value is -1.96. The van der Waals surface area contributed by atoms with Crippen LogP contribution in [0.25, 0.3) is 0 Å². The van der Waals surface area contributed by atoms with Crippen molar-refractivity contribution in [2.24, 2.45) is 0 Å². The van der Waals surface area contributed by atoms with E-state index in [1.165, 1.54) is 18.2 Å². The average Bonchev–Trinajstić information content (AvgIpc) is 2.74. The van der Waals surface area contributed by atoms with Crippen LogP contribution in [0.3, 0.4) is 0 Å². The van der Waals surface area contributed by atoms with Gasteiger partial charge >= 0.3 is 6.36 Å². The molecular formula is C12H12F3N2O3-. The molecule has 1 amide bonds. The highest BCUT2D eigenvalue weighted by Gasteiger charge is 2.32. The summed E-state index contributed by atoms with van der Waals surface area (Å²) in [5.74, 6) is -0.598. The summed E-state index contributed by atoms with van der Waals surface area (Å²) >= 11 is 0. The summed E-state index contributed by atoms with van der Waals surface area (Å²) in [6.07, 6.45) is -6.17. The van der Waals surface area contributed by atoms with Gasteiger partial charge < -0.3 is 25.3 Å². The normalized spacial score (nSPS) is 22.6. The van der Waals surface area contributed by atoms with Crippen LogP contribution in [0.5, 0.6) is 5.75 Å². The molecule has 1 aromatic carbocycles. The van der Waals surface area contributed by atoms with Crippen LogP contribution in [-0.2, 0) is 0 Å². The van der Waals surface area contributed by atoms with Gasteiger partial charge in [-0.1, -0.05) is 12.1 Å². The smallest absolute Gasteiger partial charge is 0.530 e. The lowest BCUT2D eigenvalue weighted by atomic mass is 9.94. The van der Waals surface area contributed by atoms with Gasteiger partial charge in [0.1, 0.15) is 11.8 Å². The molecule has 0 bridgehead atoms. The van der Waals surface area contributed by atoms with E-state index in [4.69, 9.17) is 0 Å². The SMILES string of the molecule is O=C([O-])N[C@@H]1CNC[C@H]1c1cccc(OC(F)(F)F)c1. The van der Waals surface area contributed by atoms with E-state index in [1.807, 2.05) is 0 Å². The quantitative estimate of drug-likeness (QED) is 0.853. The second-order valence-corrected chi connectivity index (χ2v) is 4.42. The van der Waals surface area contributed by atoms with Crippen molar-refractivity contribution in [3.63, 3.8) is 0 Å². The Balaban J connectivity index is 2.15. The van der Waals surface area contributed by atoms with Gasteiger partial charge in [-0.2, -0.15) is 0 Å². The van der Waals surface area contributed by atoms with E-state index < -0.39 is 18.5 Å². The highest BCUT2D eigenvalue weighted by Crippen LogP contribution is 2.28. The van der Waals surface area contributed by atoms with E-state index >= 15 is 0 Å². The Morgan fingerprint density at radius 3 is 2.80 bits per heavy atom. The molecule has 2 atom stereocenters. The minimum atomic E-state index is -4.75. The van der Waals surface area contributed by atoms with Crippen LogP contribution in [-0.4, -0.2) is 31.6 Å². The van der Waals surface area contributed by atoms with Crippen LogP contribution in [0.1, 0.15) is 11.5 Å². The molecule has 8 heteroatoms. The number of rotatable bonds is 3. The summed E-state index contributed by atoms with van der Waals surface area (Å²) in [7, 11) is 0. The first-order valence-electron chi connectivity index (χ1n) is 5.89. The molecule has 1 aliphatic rings. The van der Waals surface area contributed by atoms with Gasteiger partial charge in [-0.05, 0) is 17.7 Å². The van der Waals surface area contributed by atoms with Gasteiger partial charge in [0.05, 0.1) is 0 Å². The Bertz CT molecular complexity index is 493. The molecule has 20 heavy (non-hydrogen) atoms. The van der Waals surface area contributed by atoms with Crippen molar-refractivity contribution >= 4 is 6.09 Å². The largest absolute Gasteiger partial charge is 0.573 e. The highest BCUT2D eigenvalue weighted by molar-refractivity contribution is 5.62. The fourth-order valence-corrected chi connectivity index (χ4v) is 2.27. The molecule has 0 aromatic heterocycles. The van der Waals surface area contributed by atoms with Gasteiger partial charge in [0.15, 0.2) is 0 Å². The van der Waals surface area contributed by atoms with Crippen LogP contribution in [0.2, 0.25) is 0 Å². The second-order valence-electron chi connectivity index (χ2n) is 4.42. The summed E-state index contributed by atoms with van der Waals surface area (Å²) < 4.78 is 40.3. The third-order valence-corrected chi connectivity index (χ3v) is 3.04. The number of hydrogen-bond acceptors (Lipinski definition) is 4. The van der Waals surface area contributed by atoms with Crippen molar-refractivity contribution in [2.75, 3.05) is 13.1 Å². The zero-order chi connectivity index (χ0) is 14.8. The first-order valence-corrected chi connectivity index (χ1v) is 5.89. The molecule has 1 aliphatic heterocycles. The molecule has 1 heterocycles. The predicted molar refractivity (Wildman–Crippen MR) is 61.1 cm³/mol. The van der Waals surface area contributed by atoms with Gasteiger partial charge in [-0.15, -0.1) is 13.2 Å². The van der Waals surface area contributed by atoms with Crippen LogP contribution in [0.15, 0.2) is 24.3 Å². The van der Waals surface area contributed by atoms with E-state index in [0.717, 1.165) is 0 Å². The zero-order valence-corrected chi connectivity index (χ0v) is 10.2. The Morgan fingerprint density at radius 2 is 2.15 bits per heavy atom. The summed E-state index contributed by atoms with van der Waals surface area (Å²) in [5, 5.41) is 15.8. The second kappa shape index (κ2) is 5.58. The van der Waals surface area contributed by atoms with E-state index in [1.54, 1.807) is 6.07 Å². The lowest BCUT2D eigenvalue weighted by Crippen LogP contribution is -2.46. The molecule has 0 unspecified atom stereocenters. The van der Waals surface area contributed by atoms with Crippen molar-refractivity contribution in [3.8, 4) is 5.75 Å². The summed E-state index contributed by atoms with van der Waals surface area (Å²) in [5.41, 5.74) is 0.565. The maximum absolute atomic E-state index is 12.2. The van der Waals surface area contributed by atoms with E-state index in [9.17, 15) is 23.1 Å². The first kappa shape index (κ1) is 14.4. The van der Waals surface area contributed by atoms with Crippen molar-refractivity contribution in [1.29, 1.82) is 0 Å². The van der Waals surface area contributed by atoms with Gasteiger partial charge in [-0.25, -0.2) is 0 Å². The summed E-state index contributed by atoms with van der Waals surface area (Å²) in [6, 6.07) is 5.08. The number of ether oxygens (including phenoxy) is 1. The van der Waals surface area contributed by atoms with E-state index in [2.05, 4.69) is 15.4 Å². The van der Waals surface area contributed by atoms with Crippen LogP contribution >= 0.6 is 0 Å². The average molecular weight is 289 g/mol. The number of benzene rings is 1. The number of alkyl halides is 3. The van der Waals surface area contributed by atoms with Crippen molar-refractivity contribution in [1.82, 2.24) is 10.6 Å². The number of hydrogen-bond donors (Lipinski definition) is 2. The van der Waals surface area contributed by atoms with Crippen LogP contribution in [0, 0.1) is 0 Å². The van der Waals surface area contributed by atoms with E-state index in [-0.39, 0.29) is 11.7 Å². The highest BCUT2D eigenvalue weighted by atomic mass is 19.4. The lowest BCUT2D eigenvalue weighted by Gasteiger charge is -2.22. The number of amides is 1. The molecule has 0 radical (unpaired) electrons. The van der Waals surface area contributed by atoms with Gasteiger partial charge in [0, 0.05) is 25.0 Å². The number of carboxylic acid groups (broad SMARTS) is 1. The zero-order valence-electron chi connectivity index (χ0n) is 10.2. The van der Waals surface area contributed by atoms with Crippen LogP contribution < -0.4 is 20.5 Å². The van der Waals surface area contributed by atoms with Gasteiger partial charge in [0.25, 0.3) is 0 Å². The summed E-state index contributed by atoms with van der Waals surface area (Å²) in [4.78, 5) is 10.6. The van der Waals surface area contributed by atoms with Crippen molar-refractivity contribution in [2.45, 2.75) is 18.3 Å². The molecule has 110 valence electrons.